The van der Waals surface area contributed by atoms with Crippen LogP contribution in [0, 0.1) is 0 Å². The number of likely N-dealkylation sites (tertiary alicyclic amines) is 1. The molecule has 0 spiro atoms. The fraction of sp³-hybridized carbons (Fsp3) is 0.562. The smallest absolute Gasteiger partial charge is 0.247 e. The summed E-state index contributed by atoms with van der Waals surface area (Å²) in [4.78, 5) is 19.3. The van der Waals surface area contributed by atoms with E-state index in [-0.39, 0.29) is 5.91 Å². The highest BCUT2D eigenvalue weighted by Gasteiger charge is 2.11. The molecule has 1 heterocycles. The first-order valence-corrected chi connectivity index (χ1v) is 7.62. The van der Waals surface area contributed by atoms with Crippen molar-refractivity contribution in [1.82, 2.24) is 10.4 Å². The Morgan fingerprint density at radius 3 is 2.62 bits per heavy atom. The fourth-order valence-electron chi connectivity index (χ4n) is 2.40. The Bertz CT molecular complexity index is 428. The number of benzene rings is 1. The lowest BCUT2D eigenvalue weighted by Crippen LogP contribution is -2.30. The number of hydroxylamine groups is 1. The summed E-state index contributed by atoms with van der Waals surface area (Å²) in [5.74, 6) is 0.698. The zero-order valence-electron chi connectivity index (χ0n) is 12.6. The lowest BCUT2D eigenvalue weighted by molar-refractivity contribution is -0.133. The van der Waals surface area contributed by atoms with E-state index in [2.05, 4.69) is 10.4 Å². The molecule has 1 aliphatic heterocycles. The van der Waals surface area contributed by atoms with E-state index in [0.717, 1.165) is 30.9 Å². The molecule has 0 unspecified atom stereocenters. The van der Waals surface area contributed by atoms with Gasteiger partial charge in [0.15, 0.2) is 0 Å². The van der Waals surface area contributed by atoms with Gasteiger partial charge in [-0.1, -0.05) is 12.1 Å². The van der Waals surface area contributed by atoms with Crippen molar-refractivity contribution in [3.63, 3.8) is 0 Å². The average molecular weight is 292 g/mol. The SMILES string of the molecule is CCOc1ccc(CC(=O)NOCCN2CCCC2)cc1. The van der Waals surface area contributed by atoms with Crippen LogP contribution in [-0.4, -0.2) is 43.7 Å². The van der Waals surface area contributed by atoms with Crippen LogP contribution in [0.2, 0.25) is 0 Å². The van der Waals surface area contributed by atoms with Gasteiger partial charge in [0.05, 0.1) is 19.6 Å². The molecule has 1 aromatic carbocycles. The van der Waals surface area contributed by atoms with E-state index < -0.39 is 0 Å². The van der Waals surface area contributed by atoms with Gasteiger partial charge in [-0.3, -0.25) is 9.63 Å². The second-order valence-corrected chi connectivity index (χ2v) is 5.18. The largest absolute Gasteiger partial charge is 0.494 e. The molecule has 1 aliphatic rings. The van der Waals surface area contributed by atoms with E-state index in [1.807, 2.05) is 31.2 Å². The zero-order valence-corrected chi connectivity index (χ0v) is 12.6. The number of amides is 1. The minimum absolute atomic E-state index is 0.124. The van der Waals surface area contributed by atoms with Gasteiger partial charge >= 0.3 is 0 Å². The van der Waals surface area contributed by atoms with Gasteiger partial charge in [0.1, 0.15) is 5.75 Å². The number of rotatable bonds is 8. The molecule has 1 aromatic rings. The fourth-order valence-corrected chi connectivity index (χ4v) is 2.40. The third-order valence-electron chi connectivity index (χ3n) is 3.49. The van der Waals surface area contributed by atoms with Crippen molar-refractivity contribution in [3.8, 4) is 5.75 Å². The van der Waals surface area contributed by atoms with Crippen LogP contribution >= 0.6 is 0 Å². The maximum atomic E-state index is 11.7. The van der Waals surface area contributed by atoms with Crippen molar-refractivity contribution < 1.29 is 14.4 Å². The van der Waals surface area contributed by atoms with Gasteiger partial charge in [-0.25, -0.2) is 5.48 Å². The Hall–Kier alpha value is -1.59. The van der Waals surface area contributed by atoms with Crippen molar-refractivity contribution in [2.24, 2.45) is 0 Å². The van der Waals surface area contributed by atoms with Gasteiger partial charge in [0.25, 0.3) is 0 Å². The van der Waals surface area contributed by atoms with Crippen molar-refractivity contribution in [1.29, 1.82) is 0 Å². The van der Waals surface area contributed by atoms with Crippen LogP contribution in [0.25, 0.3) is 0 Å². The molecule has 2 rings (SSSR count). The molecule has 1 amide bonds. The molecule has 21 heavy (non-hydrogen) atoms. The topological polar surface area (TPSA) is 50.8 Å². The summed E-state index contributed by atoms with van der Waals surface area (Å²) >= 11 is 0. The first-order valence-electron chi connectivity index (χ1n) is 7.62. The molecule has 5 nitrogen and oxygen atoms in total. The van der Waals surface area contributed by atoms with Crippen molar-refractivity contribution in [3.05, 3.63) is 29.8 Å². The van der Waals surface area contributed by atoms with Crippen LogP contribution in [0.5, 0.6) is 5.75 Å². The first-order chi connectivity index (χ1) is 10.3. The molecule has 1 N–H and O–H groups in total. The molecule has 1 saturated heterocycles. The monoisotopic (exact) mass is 292 g/mol. The molecule has 0 aromatic heterocycles. The average Bonchev–Trinajstić information content (AvgIpc) is 2.99. The Morgan fingerprint density at radius 1 is 1.24 bits per heavy atom. The van der Waals surface area contributed by atoms with Crippen LogP contribution in [-0.2, 0) is 16.1 Å². The first kappa shape index (κ1) is 15.8. The third-order valence-corrected chi connectivity index (χ3v) is 3.49. The molecule has 0 aliphatic carbocycles. The number of hydrogen-bond donors (Lipinski definition) is 1. The van der Waals surface area contributed by atoms with Crippen LogP contribution in [0.15, 0.2) is 24.3 Å². The third kappa shape index (κ3) is 5.73. The predicted octanol–water partition coefficient (Wildman–Crippen LogP) is 1.77. The minimum atomic E-state index is -0.124. The van der Waals surface area contributed by atoms with E-state index >= 15 is 0 Å². The standard InChI is InChI=1S/C16H24N2O3/c1-2-20-15-7-5-14(6-8-15)13-16(19)17-21-12-11-18-9-3-4-10-18/h5-8H,2-4,9-13H2,1H3,(H,17,19). The maximum absolute atomic E-state index is 11.7. The van der Waals surface area contributed by atoms with Crippen LogP contribution in [0.4, 0.5) is 0 Å². The normalized spacial score (nSPS) is 15.1. The maximum Gasteiger partial charge on any atom is 0.247 e. The summed E-state index contributed by atoms with van der Waals surface area (Å²) < 4.78 is 5.36. The Morgan fingerprint density at radius 2 is 1.95 bits per heavy atom. The lowest BCUT2D eigenvalue weighted by atomic mass is 10.1. The van der Waals surface area contributed by atoms with Gasteiger partial charge in [-0.2, -0.15) is 0 Å². The summed E-state index contributed by atoms with van der Waals surface area (Å²) in [7, 11) is 0. The number of carbonyl (C=O) groups is 1. The molecule has 0 bridgehead atoms. The Labute approximate surface area is 126 Å². The van der Waals surface area contributed by atoms with E-state index in [9.17, 15) is 4.79 Å². The molecule has 116 valence electrons. The summed E-state index contributed by atoms with van der Waals surface area (Å²) in [6.45, 7) is 6.29. The van der Waals surface area contributed by atoms with Crippen LogP contribution in [0.3, 0.4) is 0 Å². The number of nitrogens with one attached hydrogen (secondary N) is 1. The minimum Gasteiger partial charge on any atom is -0.494 e. The summed E-state index contributed by atoms with van der Waals surface area (Å²) in [6.07, 6.45) is 2.85. The van der Waals surface area contributed by atoms with Gasteiger partial charge in [-0.05, 0) is 50.6 Å². The molecule has 0 radical (unpaired) electrons. The molecule has 1 fully saturated rings. The molecule has 5 heteroatoms. The highest BCUT2D eigenvalue weighted by molar-refractivity contribution is 5.77. The van der Waals surface area contributed by atoms with Gasteiger partial charge in [-0.15, -0.1) is 0 Å². The molecular formula is C16H24N2O3. The van der Waals surface area contributed by atoms with Gasteiger partial charge < -0.3 is 9.64 Å². The number of ether oxygens (including phenoxy) is 1. The number of carbonyl (C=O) groups excluding carboxylic acids is 1. The van der Waals surface area contributed by atoms with Crippen molar-refractivity contribution in [2.75, 3.05) is 32.8 Å². The van der Waals surface area contributed by atoms with Crippen molar-refractivity contribution >= 4 is 5.91 Å². The molecule has 0 atom stereocenters. The summed E-state index contributed by atoms with van der Waals surface area (Å²) in [6, 6.07) is 7.55. The van der Waals surface area contributed by atoms with Crippen LogP contribution in [0.1, 0.15) is 25.3 Å². The van der Waals surface area contributed by atoms with Gasteiger partial charge in [0.2, 0.25) is 5.91 Å². The second kappa shape index (κ2) is 8.64. The number of nitrogens with zero attached hydrogens (tertiary/aromatic N) is 1. The van der Waals surface area contributed by atoms with E-state index in [4.69, 9.17) is 9.57 Å². The van der Waals surface area contributed by atoms with E-state index in [1.54, 1.807) is 0 Å². The second-order valence-electron chi connectivity index (χ2n) is 5.18. The Balaban J connectivity index is 1.61. The Kier molecular flexibility index (Phi) is 6.50. The van der Waals surface area contributed by atoms with E-state index in [0.29, 0.717) is 19.6 Å². The zero-order chi connectivity index (χ0) is 14.9. The highest BCUT2D eigenvalue weighted by atomic mass is 16.6. The quantitative estimate of drug-likeness (QED) is 0.586. The highest BCUT2D eigenvalue weighted by Crippen LogP contribution is 2.12. The molecule has 0 saturated carbocycles. The summed E-state index contributed by atoms with van der Waals surface area (Å²) in [5, 5.41) is 0. The summed E-state index contributed by atoms with van der Waals surface area (Å²) in [5.41, 5.74) is 3.44. The van der Waals surface area contributed by atoms with Gasteiger partial charge in [0, 0.05) is 6.54 Å². The molecular weight excluding hydrogens is 268 g/mol. The predicted molar refractivity (Wildman–Crippen MR) is 81.1 cm³/mol. The van der Waals surface area contributed by atoms with Crippen LogP contribution < -0.4 is 10.2 Å². The van der Waals surface area contributed by atoms with Crippen molar-refractivity contribution in [2.45, 2.75) is 26.2 Å². The lowest BCUT2D eigenvalue weighted by Gasteiger charge is -2.14. The number of hydrogen-bond acceptors (Lipinski definition) is 4. The van der Waals surface area contributed by atoms with E-state index in [1.165, 1.54) is 12.8 Å².